The van der Waals surface area contributed by atoms with Crippen molar-refractivity contribution < 1.29 is 21.6 Å². The lowest BCUT2D eigenvalue weighted by Gasteiger charge is -2.09. The van der Waals surface area contributed by atoms with Crippen LogP contribution in [0.4, 0.5) is 0 Å². The Morgan fingerprint density at radius 2 is 1.80 bits per heavy atom. The highest BCUT2D eigenvalue weighted by Gasteiger charge is 2.14. The number of halogens is 1. The highest BCUT2D eigenvalue weighted by Crippen LogP contribution is 2.23. The Morgan fingerprint density at radius 3 is 2.30 bits per heavy atom. The lowest BCUT2D eigenvalue weighted by Crippen LogP contribution is -2.16. The summed E-state index contributed by atoms with van der Waals surface area (Å²) in [4.78, 5) is 0.0186. The summed E-state index contributed by atoms with van der Waals surface area (Å²) in [5.74, 6) is 0.493. The average Bonchev–Trinajstić information content (AvgIpc) is 2.26. The molecule has 0 amide bonds. The predicted molar refractivity (Wildman–Crippen MR) is 78.7 cm³/mol. The molecule has 0 bridgehead atoms. The number of sulfone groups is 1. The quantitative estimate of drug-likeness (QED) is 0.710. The van der Waals surface area contributed by atoms with E-state index < -0.39 is 18.9 Å². The number of rotatable bonds is 7. The molecule has 0 atom stereocenters. The van der Waals surface area contributed by atoms with Gasteiger partial charge in [0.25, 0.3) is 9.05 Å². The number of hydrogen-bond donors (Lipinski definition) is 0. The van der Waals surface area contributed by atoms with Crippen molar-refractivity contribution in [3.05, 3.63) is 23.8 Å². The first-order valence-corrected chi connectivity index (χ1v) is 10.2. The Morgan fingerprint density at radius 1 is 1.15 bits per heavy atom. The van der Waals surface area contributed by atoms with Gasteiger partial charge in [0.05, 0.1) is 16.4 Å². The SMILES string of the molecule is CCCS(=O)(=O)CCOc1ccc(S(=O)(=O)Cl)c(C)c1. The highest BCUT2D eigenvalue weighted by atomic mass is 35.7. The maximum Gasteiger partial charge on any atom is 0.261 e. The normalized spacial score (nSPS) is 12.3. The average molecular weight is 341 g/mol. The molecule has 1 aromatic rings. The van der Waals surface area contributed by atoms with Crippen LogP contribution in [0, 0.1) is 6.92 Å². The van der Waals surface area contributed by atoms with Crippen molar-refractivity contribution in [2.45, 2.75) is 25.2 Å². The van der Waals surface area contributed by atoms with Crippen molar-refractivity contribution in [2.24, 2.45) is 0 Å². The molecule has 0 aliphatic rings. The summed E-state index contributed by atoms with van der Waals surface area (Å²) in [6.07, 6.45) is 0.573. The third kappa shape index (κ3) is 5.30. The van der Waals surface area contributed by atoms with Crippen molar-refractivity contribution in [1.29, 1.82) is 0 Å². The monoisotopic (exact) mass is 340 g/mol. The fourth-order valence-electron chi connectivity index (χ4n) is 1.68. The molecule has 0 unspecified atom stereocenters. The molecule has 0 fully saturated rings. The summed E-state index contributed by atoms with van der Waals surface area (Å²) >= 11 is 0. The molecule has 20 heavy (non-hydrogen) atoms. The number of ether oxygens (including phenoxy) is 1. The molecule has 0 saturated heterocycles. The van der Waals surface area contributed by atoms with Crippen LogP contribution in [0.1, 0.15) is 18.9 Å². The molecule has 5 nitrogen and oxygen atoms in total. The number of aryl methyl sites for hydroxylation is 1. The van der Waals surface area contributed by atoms with Crippen molar-refractivity contribution in [3.63, 3.8) is 0 Å². The van der Waals surface area contributed by atoms with Crippen LogP contribution in [0.2, 0.25) is 0 Å². The zero-order valence-electron chi connectivity index (χ0n) is 11.3. The second-order valence-corrected chi connectivity index (χ2v) is 9.20. The van der Waals surface area contributed by atoms with E-state index in [4.69, 9.17) is 15.4 Å². The second kappa shape index (κ2) is 6.78. The standard InChI is InChI=1S/C12H17ClO5S2/c1-3-7-19(14,15)8-6-18-11-4-5-12(10(2)9-11)20(13,16)17/h4-5,9H,3,6-8H2,1-2H3. The molecule has 0 saturated carbocycles. The topological polar surface area (TPSA) is 77.5 Å². The van der Waals surface area contributed by atoms with Crippen LogP contribution >= 0.6 is 10.7 Å². The van der Waals surface area contributed by atoms with E-state index in [1.54, 1.807) is 13.8 Å². The van der Waals surface area contributed by atoms with E-state index in [1.165, 1.54) is 18.2 Å². The number of hydrogen-bond acceptors (Lipinski definition) is 5. The minimum Gasteiger partial charge on any atom is -0.493 e. The van der Waals surface area contributed by atoms with E-state index in [2.05, 4.69) is 0 Å². The first kappa shape index (κ1) is 17.3. The molecule has 1 aromatic carbocycles. The molecule has 0 aliphatic heterocycles. The third-order valence-electron chi connectivity index (χ3n) is 2.59. The van der Waals surface area contributed by atoms with Gasteiger partial charge >= 0.3 is 0 Å². The summed E-state index contributed by atoms with van der Waals surface area (Å²) in [6, 6.07) is 4.31. The first-order valence-electron chi connectivity index (χ1n) is 6.04. The largest absolute Gasteiger partial charge is 0.493 e. The molecule has 0 radical (unpaired) electrons. The molecule has 8 heteroatoms. The second-order valence-electron chi connectivity index (χ2n) is 4.37. The molecule has 0 heterocycles. The Kier molecular flexibility index (Phi) is 5.85. The zero-order valence-corrected chi connectivity index (χ0v) is 13.7. The maximum atomic E-state index is 11.5. The van der Waals surface area contributed by atoms with Crippen LogP contribution in [-0.4, -0.2) is 34.9 Å². The van der Waals surface area contributed by atoms with Gasteiger partial charge in [-0.3, -0.25) is 0 Å². The van der Waals surface area contributed by atoms with Gasteiger partial charge in [0.15, 0.2) is 9.84 Å². The molecule has 0 spiro atoms. The maximum absolute atomic E-state index is 11.5. The van der Waals surface area contributed by atoms with Crippen LogP contribution < -0.4 is 4.74 Å². The van der Waals surface area contributed by atoms with Gasteiger partial charge in [0.1, 0.15) is 12.4 Å². The summed E-state index contributed by atoms with van der Waals surface area (Å²) in [6.45, 7) is 3.43. The summed E-state index contributed by atoms with van der Waals surface area (Å²) in [5.41, 5.74) is 0.453. The first-order chi connectivity index (χ1) is 9.15. The Bertz CT molecular complexity index is 665. The molecule has 0 aliphatic carbocycles. The molecule has 114 valence electrons. The van der Waals surface area contributed by atoms with E-state index in [0.29, 0.717) is 17.7 Å². The van der Waals surface area contributed by atoms with Crippen molar-refractivity contribution in [3.8, 4) is 5.75 Å². The van der Waals surface area contributed by atoms with Gasteiger partial charge in [-0.15, -0.1) is 0 Å². The summed E-state index contributed by atoms with van der Waals surface area (Å²) in [5, 5.41) is 0. The van der Waals surface area contributed by atoms with E-state index in [-0.39, 0.29) is 23.0 Å². The molecule has 1 rings (SSSR count). The fraction of sp³-hybridized carbons (Fsp3) is 0.500. The van der Waals surface area contributed by atoms with E-state index in [0.717, 1.165) is 0 Å². The van der Waals surface area contributed by atoms with Crippen molar-refractivity contribution in [2.75, 3.05) is 18.1 Å². The lowest BCUT2D eigenvalue weighted by atomic mass is 10.2. The van der Waals surface area contributed by atoms with Crippen LogP contribution in [0.15, 0.2) is 23.1 Å². The van der Waals surface area contributed by atoms with Gasteiger partial charge in [-0.25, -0.2) is 16.8 Å². The van der Waals surface area contributed by atoms with Gasteiger partial charge in [0.2, 0.25) is 0 Å². The van der Waals surface area contributed by atoms with Gasteiger partial charge < -0.3 is 4.74 Å². The summed E-state index contributed by atoms with van der Waals surface area (Å²) in [7, 11) is -1.60. The van der Waals surface area contributed by atoms with Gasteiger partial charge in [-0.2, -0.15) is 0 Å². The highest BCUT2D eigenvalue weighted by molar-refractivity contribution is 8.13. The van der Waals surface area contributed by atoms with Gasteiger partial charge in [-0.05, 0) is 37.1 Å². The van der Waals surface area contributed by atoms with Gasteiger partial charge in [0, 0.05) is 10.7 Å². The lowest BCUT2D eigenvalue weighted by molar-refractivity contribution is 0.340. The number of benzene rings is 1. The van der Waals surface area contributed by atoms with Crippen LogP contribution in [0.3, 0.4) is 0 Å². The Labute approximate surface area is 124 Å². The van der Waals surface area contributed by atoms with Gasteiger partial charge in [-0.1, -0.05) is 6.92 Å². The van der Waals surface area contributed by atoms with Crippen LogP contribution in [0.5, 0.6) is 5.75 Å². The van der Waals surface area contributed by atoms with E-state index in [9.17, 15) is 16.8 Å². The minimum absolute atomic E-state index is 0.0186. The van der Waals surface area contributed by atoms with Crippen molar-refractivity contribution in [1.82, 2.24) is 0 Å². The summed E-state index contributed by atoms with van der Waals surface area (Å²) < 4.78 is 50.8. The van der Waals surface area contributed by atoms with Crippen LogP contribution in [0.25, 0.3) is 0 Å². The third-order valence-corrected chi connectivity index (χ3v) is 5.89. The van der Waals surface area contributed by atoms with Crippen molar-refractivity contribution >= 4 is 29.6 Å². The smallest absolute Gasteiger partial charge is 0.261 e. The Hall–Kier alpha value is -0.790. The van der Waals surface area contributed by atoms with E-state index >= 15 is 0 Å². The molecular weight excluding hydrogens is 324 g/mol. The fourth-order valence-corrected chi connectivity index (χ4v) is 4.04. The van der Waals surface area contributed by atoms with E-state index in [1.807, 2.05) is 0 Å². The zero-order chi connectivity index (χ0) is 15.4. The molecule has 0 N–H and O–H groups in total. The Balaban J connectivity index is 2.70. The minimum atomic E-state index is -3.78. The molecular formula is C12H17ClO5S2. The molecule has 0 aromatic heterocycles. The predicted octanol–water partition coefficient (Wildman–Crippen LogP) is 2.13. The van der Waals surface area contributed by atoms with Crippen LogP contribution in [-0.2, 0) is 18.9 Å².